The zero-order valence-electron chi connectivity index (χ0n) is 22.2. The van der Waals surface area contributed by atoms with Crippen LogP contribution in [-0.2, 0) is 44.1 Å². The number of ether oxygens (including phenoxy) is 2. The highest BCUT2D eigenvalue weighted by atomic mass is 127. The molecule has 0 heterocycles. The molecule has 0 saturated carbocycles. The Bertz CT molecular complexity index is 1260. The number of hydrogen-bond acceptors (Lipinski definition) is 9. The molecule has 0 saturated heterocycles. The molecule has 40 heavy (non-hydrogen) atoms. The third-order valence-corrected chi connectivity index (χ3v) is 9.04. The maximum Gasteiger partial charge on any atom is 0.407 e. The Morgan fingerprint density at radius 1 is 1.00 bits per heavy atom. The highest BCUT2D eigenvalue weighted by molar-refractivity contribution is 14.1. The Morgan fingerprint density at radius 2 is 1.65 bits per heavy atom. The number of alkyl carbamates (subject to hydrolysis) is 1. The molecule has 0 aliphatic carbocycles. The third kappa shape index (κ3) is 11.0. The lowest BCUT2D eigenvalue weighted by molar-refractivity contribution is -0.145. The molecular formula is C25H30I2N3O9P. The van der Waals surface area contributed by atoms with E-state index in [4.69, 9.17) is 18.5 Å². The van der Waals surface area contributed by atoms with Crippen LogP contribution in [0.25, 0.3) is 0 Å². The summed E-state index contributed by atoms with van der Waals surface area (Å²) in [6.45, 7) is 2.37. The van der Waals surface area contributed by atoms with Gasteiger partial charge in [0.15, 0.2) is 0 Å². The number of rotatable bonds is 13. The zero-order chi connectivity index (χ0) is 29.9. The first-order valence-electron chi connectivity index (χ1n) is 11.8. The molecule has 2 aromatic rings. The van der Waals surface area contributed by atoms with Crippen LogP contribution in [-0.4, -0.2) is 56.8 Å². The van der Waals surface area contributed by atoms with Gasteiger partial charge >= 0.3 is 19.7 Å². The van der Waals surface area contributed by atoms with Gasteiger partial charge in [0.05, 0.1) is 11.8 Å². The topological polar surface area (TPSA) is 158 Å². The molecular weight excluding hydrogens is 771 g/mol. The summed E-state index contributed by atoms with van der Waals surface area (Å²) in [5.74, 6) is -1.73. The lowest BCUT2D eigenvalue weighted by atomic mass is 10.1. The van der Waals surface area contributed by atoms with Gasteiger partial charge in [-0.05, 0) is 69.8 Å². The average molecular weight is 801 g/mol. The first-order valence-corrected chi connectivity index (χ1v) is 15.7. The van der Waals surface area contributed by atoms with Crippen LogP contribution in [0.5, 0.6) is 0 Å². The van der Waals surface area contributed by atoms with Gasteiger partial charge in [-0.3, -0.25) is 18.9 Å². The summed E-state index contributed by atoms with van der Waals surface area (Å²) in [5, 5.41) is 7.58. The Hall–Kier alpha value is -2.27. The van der Waals surface area contributed by atoms with E-state index in [-0.39, 0.29) is 19.3 Å². The fourth-order valence-corrected chi connectivity index (χ4v) is 6.40. The number of carbonyl (C=O) groups is 4. The van der Waals surface area contributed by atoms with Crippen molar-refractivity contribution < 1.29 is 42.3 Å². The Labute approximate surface area is 259 Å². The molecule has 0 bridgehead atoms. The fourth-order valence-electron chi connectivity index (χ4n) is 3.26. The molecule has 0 spiro atoms. The standard InChI is InChI=1S/C25H30I2N3O9P/c1-15(29-23(32)12-28-25(34)38-13-17-8-6-5-7-9-17)24(33)30-21-10-18(19(26)11-20(21)27)22(39-16(2)31)14-40(35,36-3)37-4/h5-11,15,22H,12-14H2,1-4H3,(H,28,34)(H,29,32)(H,30,33)/t15-,22?/m0/s1. The molecule has 2 rings (SSSR count). The minimum atomic E-state index is -3.56. The minimum absolute atomic E-state index is 0.0521. The molecule has 0 aliphatic rings. The summed E-state index contributed by atoms with van der Waals surface area (Å²) in [6.07, 6.45) is -1.99. The van der Waals surface area contributed by atoms with Crippen LogP contribution >= 0.6 is 52.8 Å². The van der Waals surface area contributed by atoms with Gasteiger partial charge in [-0.1, -0.05) is 30.3 Å². The van der Waals surface area contributed by atoms with E-state index in [1.807, 2.05) is 63.4 Å². The van der Waals surface area contributed by atoms with Crippen molar-refractivity contribution >= 4 is 82.3 Å². The molecule has 218 valence electrons. The molecule has 15 heteroatoms. The van der Waals surface area contributed by atoms with E-state index in [0.29, 0.717) is 18.4 Å². The fraction of sp³-hybridized carbons (Fsp3) is 0.360. The van der Waals surface area contributed by atoms with Crippen molar-refractivity contribution in [2.24, 2.45) is 0 Å². The molecule has 0 radical (unpaired) electrons. The van der Waals surface area contributed by atoms with Crippen molar-refractivity contribution in [2.75, 3.05) is 32.2 Å². The quantitative estimate of drug-likeness (QED) is 0.152. The van der Waals surface area contributed by atoms with E-state index < -0.39 is 43.6 Å². The van der Waals surface area contributed by atoms with Crippen LogP contribution in [0, 0.1) is 7.14 Å². The maximum atomic E-state index is 12.8. The molecule has 12 nitrogen and oxygen atoms in total. The number of anilines is 1. The number of hydrogen-bond donors (Lipinski definition) is 3. The normalized spacial score (nSPS) is 12.6. The highest BCUT2D eigenvalue weighted by Gasteiger charge is 2.32. The number of amides is 3. The van der Waals surface area contributed by atoms with Crippen molar-refractivity contribution in [3.05, 3.63) is 60.7 Å². The molecule has 1 unspecified atom stereocenters. The molecule has 3 amide bonds. The molecule has 0 fully saturated rings. The van der Waals surface area contributed by atoms with Crippen LogP contribution in [0.2, 0.25) is 0 Å². The third-order valence-electron chi connectivity index (χ3n) is 5.32. The van der Waals surface area contributed by atoms with Crippen molar-refractivity contribution in [2.45, 2.75) is 32.6 Å². The Balaban J connectivity index is 2.02. The second-order valence-electron chi connectivity index (χ2n) is 8.30. The van der Waals surface area contributed by atoms with Crippen LogP contribution < -0.4 is 16.0 Å². The predicted molar refractivity (Wildman–Crippen MR) is 164 cm³/mol. The summed E-state index contributed by atoms with van der Waals surface area (Å²) < 4.78 is 34.6. The van der Waals surface area contributed by atoms with Crippen LogP contribution in [0.15, 0.2) is 42.5 Å². The van der Waals surface area contributed by atoms with Gasteiger partial charge in [0.25, 0.3) is 0 Å². The summed E-state index contributed by atoms with van der Waals surface area (Å²) in [5.41, 5.74) is 1.66. The Kier molecular flexibility index (Phi) is 13.8. The molecule has 0 aliphatic heterocycles. The monoisotopic (exact) mass is 801 g/mol. The van der Waals surface area contributed by atoms with Crippen molar-refractivity contribution in [3.63, 3.8) is 0 Å². The highest BCUT2D eigenvalue weighted by Crippen LogP contribution is 2.50. The van der Waals surface area contributed by atoms with Gasteiger partial charge in [-0.2, -0.15) is 0 Å². The minimum Gasteiger partial charge on any atom is -0.457 e. The molecule has 3 N–H and O–H groups in total. The summed E-state index contributed by atoms with van der Waals surface area (Å²) in [4.78, 5) is 48.8. The zero-order valence-corrected chi connectivity index (χ0v) is 27.4. The Morgan fingerprint density at radius 3 is 2.25 bits per heavy atom. The van der Waals surface area contributed by atoms with E-state index in [9.17, 15) is 23.7 Å². The van der Waals surface area contributed by atoms with Gasteiger partial charge in [-0.25, -0.2) is 4.79 Å². The van der Waals surface area contributed by atoms with Gasteiger partial charge in [0, 0.05) is 33.8 Å². The number of halogens is 2. The first-order chi connectivity index (χ1) is 18.9. The smallest absolute Gasteiger partial charge is 0.407 e. The number of nitrogens with one attached hydrogen (secondary N) is 3. The molecule has 0 aromatic heterocycles. The van der Waals surface area contributed by atoms with Crippen molar-refractivity contribution in [1.82, 2.24) is 10.6 Å². The predicted octanol–water partition coefficient (Wildman–Crippen LogP) is 4.36. The van der Waals surface area contributed by atoms with E-state index in [0.717, 1.165) is 5.56 Å². The van der Waals surface area contributed by atoms with Crippen LogP contribution in [0.3, 0.4) is 0 Å². The van der Waals surface area contributed by atoms with Gasteiger partial charge in [-0.15, -0.1) is 0 Å². The number of carbonyl (C=O) groups excluding carboxylic acids is 4. The van der Waals surface area contributed by atoms with Crippen molar-refractivity contribution in [3.8, 4) is 0 Å². The lowest BCUT2D eigenvalue weighted by Crippen LogP contribution is -2.46. The van der Waals surface area contributed by atoms with Gasteiger partial charge in [0.1, 0.15) is 25.3 Å². The molecule has 2 atom stereocenters. The van der Waals surface area contributed by atoms with Gasteiger partial charge < -0.3 is 34.5 Å². The van der Waals surface area contributed by atoms with E-state index in [1.165, 1.54) is 28.1 Å². The van der Waals surface area contributed by atoms with Crippen LogP contribution in [0.1, 0.15) is 31.1 Å². The largest absolute Gasteiger partial charge is 0.457 e. The van der Waals surface area contributed by atoms with Gasteiger partial charge in [0.2, 0.25) is 11.8 Å². The van der Waals surface area contributed by atoms with E-state index in [2.05, 4.69) is 16.0 Å². The first kappa shape index (κ1) is 33.9. The average Bonchev–Trinajstić information content (AvgIpc) is 2.92. The molecule has 2 aromatic carbocycles. The lowest BCUT2D eigenvalue weighted by Gasteiger charge is -2.24. The second-order valence-corrected chi connectivity index (χ2v) is 12.9. The van der Waals surface area contributed by atoms with E-state index >= 15 is 0 Å². The summed E-state index contributed by atoms with van der Waals surface area (Å²) in [6, 6.07) is 11.5. The van der Waals surface area contributed by atoms with Crippen molar-refractivity contribution in [1.29, 1.82) is 0 Å². The number of benzene rings is 2. The summed E-state index contributed by atoms with van der Waals surface area (Å²) in [7, 11) is -1.09. The number of esters is 1. The van der Waals surface area contributed by atoms with E-state index in [1.54, 1.807) is 24.3 Å². The van der Waals surface area contributed by atoms with Crippen LogP contribution in [0.4, 0.5) is 10.5 Å². The summed E-state index contributed by atoms with van der Waals surface area (Å²) >= 11 is 4.07. The SMILES string of the molecule is COP(=O)(CC(OC(C)=O)c1cc(NC(=O)[C@H](C)NC(=O)CNC(=O)OCc2ccccc2)c(I)cc1I)OC. The maximum absolute atomic E-state index is 12.8. The second kappa shape index (κ2) is 16.2.